The zero-order valence-electron chi connectivity index (χ0n) is 9.22. The van der Waals surface area contributed by atoms with Gasteiger partial charge in [-0.15, -0.1) is 0 Å². The molecule has 0 atom stereocenters. The van der Waals surface area contributed by atoms with Crippen molar-refractivity contribution < 1.29 is 18.3 Å². The van der Waals surface area contributed by atoms with Crippen LogP contribution in [0.1, 0.15) is 0 Å². The molecule has 18 heavy (non-hydrogen) atoms. The number of rotatable bonds is 5. The smallest absolute Gasteiger partial charge is 0.318 e. The lowest BCUT2D eigenvalue weighted by molar-refractivity contribution is -0.137. The van der Waals surface area contributed by atoms with Crippen LogP contribution in [-0.2, 0) is 15.0 Å². The number of hydrogen-bond acceptors (Lipinski definition) is 3. The summed E-state index contributed by atoms with van der Waals surface area (Å²) in [5.41, 5.74) is 0.157. The van der Waals surface area contributed by atoms with Crippen LogP contribution < -0.4 is 4.72 Å². The van der Waals surface area contributed by atoms with E-state index in [1.54, 1.807) is 0 Å². The van der Waals surface area contributed by atoms with Crippen LogP contribution in [0.15, 0.2) is 18.2 Å². The second kappa shape index (κ2) is 5.75. The topological polar surface area (TPSA) is 86.7 Å². The van der Waals surface area contributed by atoms with E-state index in [1.165, 1.54) is 18.2 Å². The predicted octanol–water partition coefficient (Wildman–Crippen LogP) is 1.67. The summed E-state index contributed by atoms with van der Waals surface area (Å²) >= 11 is 11.4. The number of likely N-dealkylation sites (N-methyl/N-ethyl adjacent to an activating group) is 1. The molecule has 0 spiro atoms. The van der Waals surface area contributed by atoms with Crippen molar-refractivity contribution in [2.24, 2.45) is 0 Å². The molecular weight excluding hydrogens is 303 g/mol. The Kier molecular flexibility index (Phi) is 4.80. The highest BCUT2D eigenvalue weighted by Gasteiger charge is 2.20. The maximum absolute atomic E-state index is 11.7. The number of carbonyl (C=O) groups is 1. The Morgan fingerprint density at radius 3 is 2.28 bits per heavy atom. The van der Waals surface area contributed by atoms with Gasteiger partial charge in [-0.05, 0) is 18.2 Å². The molecule has 0 aliphatic rings. The second-order valence-electron chi connectivity index (χ2n) is 3.42. The van der Waals surface area contributed by atoms with Crippen LogP contribution in [0.2, 0.25) is 10.0 Å². The summed E-state index contributed by atoms with van der Waals surface area (Å²) in [6.07, 6.45) is 0. The summed E-state index contributed by atoms with van der Waals surface area (Å²) in [6, 6.07) is 4.17. The van der Waals surface area contributed by atoms with Gasteiger partial charge in [-0.1, -0.05) is 23.2 Å². The summed E-state index contributed by atoms with van der Waals surface area (Å²) in [5, 5.41) is 9.06. The van der Waals surface area contributed by atoms with Crippen LogP contribution in [-0.4, -0.2) is 37.4 Å². The number of carboxylic acids is 1. The average molecular weight is 313 g/mol. The molecule has 1 aromatic rings. The van der Waals surface area contributed by atoms with Crippen molar-refractivity contribution in [1.29, 1.82) is 0 Å². The molecule has 0 unspecified atom stereocenters. The molecule has 0 aliphatic heterocycles. The van der Waals surface area contributed by atoms with Gasteiger partial charge in [-0.25, -0.2) is 0 Å². The fourth-order valence-corrected chi connectivity index (χ4v) is 2.49. The lowest BCUT2D eigenvalue weighted by atomic mass is 10.3. The highest BCUT2D eigenvalue weighted by Crippen LogP contribution is 2.23. The molecule has 0 radical (unpaired) electrons. The first-order valence-electron chi connectivity index (χ1n) is 4.62. The molecule has 0 saturated carbocycles. The van der Waals surface area contributed by atoms with E-state index in [-0.39, 0.29) is 15.7 Å². The predicted molar refractivity (Wildman–Crippen MR) is 69.3 cm³/mol. The Labute approximate surface area is 114 Å². The molecule has 6 nitrogen and oxygen atoms in total. The Morgan fingerprint density at radius 1 is 1.33 bits per heavy atom. The molecular formula is C9H10Cl2N2O4S. The third-order valence-electron chi connectivity index (χ3n) is 1.88. The minimum Gasteiger partial charge on any atom is -0.480 e. The molecule has 2 N–H and O–H groups in total. The van der Waals surface area contributed by atoms with Gasteiger partial charge in [-0.3, -0.25) is 9.52 Å². The highest BCUT2D eigenvalue weighted by molar-refractivity contribution is 7.90. The molecule has 1 aromatic carbocycles. The molecule has 9 heteroatoms. The summed E-state index contributed by atoms with van der Waals surface area (Å²) in [4.78, 5) is 10.4. The Hall–Kier alpha value is -1.02. The lowest BCUT2D eigenvalue weighted by Gasteiger charge is -2.16. The number of hydrogen-bond donors (Lipinski definition) is 2. The van der Waals surface area contributed by atoms with Crippen molar-refractivity contribution in [3.63, 3.8) is 0 Å². The van der Waals surface area contributed by atoms with E-state index in [0.29, 0.717) is 4.31 Å². The summed E-state index contributed by atoms with van der Waals surface area (Å²) in [6.45, 7) is -0.649. The minimum absolute atomic E-state index is 0.157. The Morgan fingerprint density at radius 2 is 1.83 bits per heavy atom. The van der Waals surface area contributed by atoms with E-state index in [0.717, 1.165) is 7.05 Å². The van der Waals surface area contributed by atoms with Gasteiger partial charge in [0.25, 0.3) is 0 Å². The zero-order chi connectivity index (χ0) is 13.9. The van der Waals surface area contributed by atoms with Gasteiger partial charge in [0.05, 0.1) is 5.69 Å². The molecule has 0 heterocycles. The highest BCUT2D eigenvalue weighted by atomic mass is 35.5. The fourth-order valence-electron chi connectivity index (χ4n) is 1.12. The van der Waals surface area contributed by atoms with Crippen LogP contribution in [0, 0.1) is 0 Å². The number of aliphatic carboxylic acids is 1. The first-order chi connectivity index (χ1) is 8.20. The molecule has 0 bridgehead atoms. The lowest BCUT2D eigenvalue weighted by Crippen LogP contribution is -2.36. The van der Waals surface area contributed by atoms with Gasteiger partial charge in [0, 0.05) is 17.1 Å². The first-order valence-corrected chi connectivity index (χ1v) is 6.82. The molecule has 0 saturated heterocycles. The maximum atomic E-state index is 11.7. The normalized spacial score (nSPS) is 11.6. The number of benzene rings is 1. The average Bonchev–Trinajstić information content (AvgIpc) is 2.13. The SMILES string of the molecule is CN(CC(=O)O)S(=O)(=O)Nc1cc(Cl)cc(Cl)c1. The standard InChI is InChI=1S/C9H10Cl2N2O4S/c1-13(5-9(14)15)18(16,17)12-8-3-6(10)2-7(11)4-8/h2-4,12H,5H2,1H3,(H,14,15). The van der Waals surface area contributed by atoms with Crippen LogP contribution >= 0.6 is 23.2 Å². The molecule has 0 aromatic heterocycles. The summed E-state index contributed by atoms with van der Waals surface area (Å²) < 4.78 is 26.3. The molecule has 100 valence electrons. The maximum Gasteiger partial charge on any atom is 0.318 e. The Bertz CT molecular complexity index is 541. The van der Waals surface area contributed by atoms with Crippen LogP contribution in [0.3, 0.4) is 0 Å². The van der Waals surface area contributed by atoms with Gasteiger partial charge >= 0.3 is 16.2 Å². The van der Waals surface area contributed by atoms with Gasteiger partial charge in [-0.2, -0.15) is 12.7 Å². The number of nitrogens with one attached hydrogen (secondary N) is 1. The van der Waals surface area contributed by atoms with Crippen molar-refractivity contribution in [3.8, 4) is 0 Å². The molecule has 0 fully saturated rings. The van der Waals surface area contributed by atoms with Crippen molar-refractivity contribution in [2.45, 2.75) is 0 Å². The van der Waals surface area contributed by atoms with Crippen molar-refractivity contribution >= 4 is 45.1 Å². The monoisotopic (exact) mass is 312 g/mol. The van der Waals surface area contributed by atoms with Crippen molar-refractivity contribution in [1.82, 2.24) is 4.31 Å². The van der Waals surface area contributed by atoms with Crippen LogP contribution in [0.25, 0.3) is 0 Å². The van der Waals surface area contributed by atoms with E-state index in [9.17, 15) is 13.2 Å². The van der Waals surface area contributed by atoms with E-state index in [4.69, 9.17) is 28.3 Å². The van der Waals surface area contributed by atoms with E-state index in [1.807, 2.05) is 0 Å². The van der Waals surface area contributed by atoms with E-state index in [2.05, 4.69) is 4.72 Å². The quantitative estimate of drug-likeness (QED) is 0.865. The third kappa shape index (κ3) is 4.34. The fraction of sp³-hybridized carbons (Fsp3) is 0.222. The molecule has 0 aliphatic carbocycles. The molecule has 0 amide bonds. The zero-order valence-corrected chi connectivity index (χ0v) is 11.6. The van der Waals surface area contributed by atoms with E-state index >= 15 is 0 Å². The van der Waals surface area contributed by atoms with Crippen LogP contribution in [0.4, 0.5) is 5.69 Å². The van der Waals surface area contributed by atoms with Gasteiger partial charge in [0.15, 0.2) is 0 Å². The van der Waals surface area contributed by atoms with Gasteiger partial charge in [0.2, 0.25) is 0 Å². The number of nitrogens with zero attached hydrogens (tertiary/aromatic N) is 1. The number of halogens is 2. The van der Waals surface area contributed by atoms with Crippen molar-refractivity contribution in [2.75, 3.05) is 18.3 Å². The minimum atomic E-state index is -3.96. The van der Waals surface area contributed by atoms with Crippen molar-refractivity contribution in [3.05, 3.63) is 28.2 Å². The molecule has 1 rings (SSSR count). The van der Waals surface area contributed by atoms with Crippen LogP contribution in [0.5, 0.6) is 0 Å². The Balaban J connectivity index is 2.91. The summed E-state index contributed by atoms with van der Waals surface area (Å²) in [7, 11) is -2.82. The summed E-state index contributed by atoms with van der Waals surface area (Å²) in [5.74, 6) is -1.26. The first kappa shape index (κ1) is 15.0. The van der Waals surface area contributed by atoms with Gasteiger partial charge < -0.3 is 5.11 Å². The van der Waals surface area contributed by atoms with Gasteiger partial charge in [0.1, 0.15) is 6.54 Å². The number of carboxylic acid groups (broad SMARTS) is 1. The second-order valence-corrected chi connectivity index (χ2v) is 6.07. The third-order valence-corrected chi connectivity index (χ3v) is 3.76. The van der Waals surface area contributed by atoms with E-state index < -0.39 is 22.7 Å². The number of anilines is 1. The largest absolute Gasteiger partial charge is 0.480 e.